The van der Waals surface area contributed by atoms with Crippen molar-refractivity contribution in [2.45, 2.75) is 44.4 Å². The molecule has 1 atom stereocenters. The van der Waals surface area contributed by atoms with Gasteiger partial charge in [-0.2, -0.15) is 0 Å². The SMILES string of the molecule is CC(C)S(=O)(=O)CCN(C)C1CCCNCC1.Cl. The van der Waals surface area contributed by atoms with Gasteiger partial charge in [0, 0.05) is 12.6 Å². The normalized spacial score (nSPS) is 21.7. The lowest BCUT2D eigenvalue weighted by molar-refractivity contribution is 0.236. The fourth-order valence-electron chi connectivity index (χ4n) is 2.13. The molecule has 0 aromatic carbocycles. The van der Waals surface area contributed by atoms with E-state index < -0.39 is 9.84 Å². The molecule has 0 bridgehead atoms. The van der Waals surface area contributed by atoms with Crippen molar-refractivity contribution in [1.82, 2.24) is 10.2 Å². The number of nitrogens with zero attached hydrogens (tertiary/aromatic N) is 1. The van der Waals surface area contributed by atoms with Gasteiger partial charge in [-0.3, -0.25) is 0 Å². The molecule has 1 heterocycles. The number of halogens is 1. The molecule has 6 heteroatoms. The Morgan fingerprint density at radius 1 is 1.28 bits per heavy atom. The highest BCUT2D eigenvalue weighted by atomic mass is 35.5. The Balaban J connectivity index is 0.00000289. The van der Waals surface area contributed by atoms with E-state index >= 15 is 0 Å². The van der Waals surface area contributed by atoms with Gasteiger partial charge in [-0.25, -0.2) is 8.42 Å². The van der Waals surface area contributed by atoms with Gasteiger partial charge in [0.25, 0.3) is 0 Å². The van der Waals surface area contributed by atoms with Crippen molar-refractivity contribution in [2.24, 2.45) is 0 Å². The molecule has 0 spiro atoms. The fourth-order valence-corrected chi connectivity index (χ4v) is 3.14. The van der Waals surface area contributed by atoms with Crippen LogP contribution in [0.2, 0.25) is 0 Å². The summed E-state index contributed by atoms with van der Waals surface area (Å²) in [6, 6.07) is 0.535. The summed E-state index contributed by atoms with van der Waals surface area (Å²) >= 11 is 0. The number of nitrogens with one attached hydrogen (secondary N) is 1. The summed E-state index contributed by atoms with van der Waals surface area (Å²) in [7, 11) is -0.851. The van der Waals surface area contributed by atoms with E-state index in [9.17, 15) is 8.42 Å². The predicted molar refractivity (Wildman–Crippen MR) is 79.3 cm³/mol. The minimum atomic E-state index is -2.90. The van der Waals surface area contributed by atoms with Crippen molar-refractivity contribution in [2.75, 3.05) is 32.4 Å². The van der Waals surface area contributed by atoms with Crippen LogP contribution in [-0.4, -0.2) is 57.0 Å². The van der Waals surface area contributed by atoms with Crippen LogP contribution in [0.25, 0.3) is 0 Å². The summed E-state index contributed by atoms with van der Waals surface area (Å²) in [5, 5.41) is 3.12. The maximum atomic E-state index is 11.7. The molecule has 110 valence electrons. The van der Waals surface area contributed by atoms with Crippen LogP contribution in [0.3, 0.4) is 0 Å². The van der Waals surface area contributed by atoms with Crippen molar-refractivity contribution in [3.8, 4) is 0 Å². The standard InChI is InChI=1S/C12H26N2O2S.ClH/c1-11(2)17(15,16)10-9-14(3)12-5-4-7-13-8-6-12;/h11-13H,4-10H2,1-3H3;1H. The van der Waals surface area contributed by atoms with Gasteiger partial charge in [-0.1, -0.05) is 0 Å². The first kappa shape index (κ1) is 18.2. The van der Waals surface area contributed by atoms with Crippen LogP contribution >= 0.6 is 12.4 Å². The van der Waals surface area contributed by atoms with E-state index in [-0.39, 0.29) is 23.4 Å². The topological polar surface area (TPSA) is 49.4 Å². The second-order valence-corrected chi connectivity index (χ2v) is 7.91. The van der Waals surface area contributed by atoms with Gasteiger partial charge in [0.15, 0.2) is 9.84 Å². The lowest BCUT2D eigenvalue weighted by Gasteiger charge is -2.26. The van der Waals surface area contributed by atoms with Crippen molar-refractivity contribution in [3.05, 3.63) is 0 Å². The van der Waals surface area contributed by atoms with Crippen LogP contribution in [-0.2, 0) is 9.84 Å². The molecule has 18 heavy (non-hydrogen) atoms. The van der Waals surface area contributed by atoms with Gasteiger partial charge in [0.2, 0.25) is 0 Å². The molecule has 0 amide bonds. The third-order valence-electron chi connectivity index (χ3n) is 3.62. The predicted octanol–water partition coefficient (Wildman–Crippen LogP) is 1.31. The van der Waals surface area contributed by atoms with Crippen LogP contribution in [0.15, 0.2) is 0 Å². The second-order valence-electron chi connectivity index (χ2n) is 5.23. The minimum Gasteiger partial charge on any atom is -0.317 e. The van der Waals surface area contributed by atoms with Crippen LogP contribution in [0.4, 0.5) is 0 Å². The maximum absolute atomic E-state index is 11.7. The Labute approximate surface area is 118 Å². The molecule has 0 aromatic rings. The highest BCUT2D eigenvalue weighted by Crippen LogP contribution is 2.12. The third kappa shape index (κ3) is 5.87. The Kier molecular flexibility index (Phi) is 8.43. The largest absolute Gasteiger partial charge is 0.317 e. The van der Waals surface area contributed by atoms with Gasteiger partial charge in [-0.15, -0.1) is 12.4 Å². The second kappa shape index (κ2) is 8.35. The monoisotopic (exact) mass is 298 g/mol. The van der Waals surface area contributed by atoms with Gasteiger partial charge in [0.1, 0.15) is 0 Å². The Bertz CT molecular complexity index is 312. The van der Waals surface area contributed by atoms with Crippen LogP contribution in [0, 0.1) is 0 Å². The molecule has 1 N–H and O–H groups in total. The van der Waals surface area contributed by atoms with E-state index in [1.54, 1.807) is 13.8 Å². The molecule has 1 rings (SSSR count). The zero-order valence-corrected chi connectivity index (χ0v) is 13.3. The first-order valence-electron chi connectivity index (χ1n) is 6.56. The summed E-state index contributed by atoms with van der Waals surface area (Å²) in [6.07, 6.45) is 3.48. The third-order valence-corrected chi connectivity index (χ3v) is 5.80. The van der Waals surface area contributed by atoms with Crippen LogP contribution < -0.4 is 5.32 Å². The number of rotatable bonds is 5. The first-order valence-corrected chi connectivity index (χ1v) is 8.27. The van der Waals surface area contributed by atoms with Crippen molar-refractivity contribution >= 4 is 22.2 Å². The molecule has 1 aliphatic heterocycles. The fraction of sp³-hybridized carbons (Fsp3) is 1.00. The van der Waals surface area contributed by atoms with Gasteiger partial charge in [-0.05, 0) is 53.2 Å². The van der Waals surface area contributed by atoms with E-state index in [0.29, 0.717) is 12.6 Å². The zero-order chi connectivity index (χ0) is 12.9. The van der Waals surface area contributed by atoms with E-state index in [1.807, 2.05) is 7.05 Å². The number of hydrogen-bond donors (Lipinski definition) is 1. The maximum Gasteiger partial charge on any atom is 0.153 e. The zero-order valence-electron chi connectivity index (χ0n) is 11.7. The molecule has 4 nitrogen and oxygen atoms in total. The minimum absolute atomic E-state index is 0. The average molecular weight is 299 g/mol. The Morgan fingerprint density at radius 2 is 1.94 bits per heavy atom. The highest BCUT2D eigenvalue weighted by molar-refractivity contribution is 7.92. The summed E-state index contributed by atoms with van der Waals surface area (Å²) in [4.78, 5) is 2.22. The Morgan fingerprint density at radius 3 is 2.56 bits per heavy atom. The van der Waals surface area contributed by atoms with Crippen molar-refractivity contribution < 1.29 is 8.42 Å². The summed E-state index contributed by atoms with van der Waals surface area (Å²) in [5.74, 6) is 0.283. The van der Waals surface area contributed by atoms with E-state index in [4.69, 9.17) is 0 Å². The molecule has 1 fully saturated rings. The highest BCUT2D eigenvalue weighted by Gasteiger charge is 2.20. The summed E-state index contributed by atoms with van der Waals surface area (Å²) in [5.41, 5.74) is 0. The molecule has 1 unspecified atom stereocenters. The summed E-state index contributed by atoms with van der Waals surface area (Å²) in [6.45, 7) is 6.31. The molecule has 1 saturated heterocycles. The Hall–Kier alpha value is 0.160. The van der Waals surface area contributed by atoms with Gasteiger partial charge < -0.3 is 10.2 Å². The number of hydrogen-bond acceptors (Lipinski definition) is 4. The smallest absolute Gasteiger partial charge is 0.153 e. The molecule has 0 aliphatic carbocycles. The lowest BCUT2D eigenvalue weighted by Crippen LogP contribution is -2.37. The van der Waals surface area contributed by atoms with Crippen molar-refractivity contribution in [3.63, 3.8) is 0 Å². The van der Waals surface area contributed by atoms with Gasteiger partial charge >= 0.3 is 0 Å². The number of sulfone groups is 1. The van der Waals surface area contributed by atoms with Crippen molar-refractivity contribution in [1.29, 1.82) is 0 Å². The van der Waals surface area contributed by atoms with Crippen LogP contribution in [0.5, 0.6) is 0 Å². The van der Waals surface area contributed by atoms with E-state index in [0.717, 1.165) is 19.5 Å². The van der Waals surface area contributed by atoms with E-state index in [1.165, 1.54) is 12.8 Å². The quantitative estimate of drug-likeness (QED) is 0.831. The van der Waals surface area contributed by atoms with E-state index in [2.05, 4.69) is 10.2 Å². The average Bonchev–Trinajstić information content (AvgIpc) is 2.54. The molecular formula is C12H27ClN2O2S. The lowest BCUT2D eigenvalue weighted by atomic mass is 10.1. The summed E-state index contributed by atoms with van der Waals surface area (Å²) < 4.78 is 23.5. The van der Waals surface area contributed by atoms with Gasteiger partial charge in [0.05, 0.1) is 11.0 Å². The molecule has 1 aliphatic rings. The molecule has 0 aromatic heterocycles. The van der Waals surface area contributed by atoms with Crippen LogP contribution in [0.1, 0.15) is 33.1 Å². The first-order chi connectivity index (χ1) is 7.93. The molecule has 0 saturated carbocycles. The molecular weight excluding hydrogens is 272 g/mol. The molecule has 0 radical (unpaired) electrons.